The van der Waals surface area contributed by atoms with Gasteiger partial charge in [-0.15, -0.1) is 11.3 Å². The highest BCUT2D eigenvalue weighted by Crippen LogP contribution is 2.21. The number of benzene rings is 1. The summed E-state index contributed by atoms with van der Waals surface area (Å²) in [5.41, 5.74) is 3.01. The normalized spacial score (nSPS) is 10.4. The van der Waals surface area contributed by atoms with Crippen molar-refractivity contribution in [1.29, 1.82) is 0 Å². The number of aromatic nitrogens is 2. The van der Waals surface area contributed by atoms with E-state index in [-0.39, 0.29) is 5.91 Å². The molecule has 2 heterocycles. The van der Waals surface area contributed by atoms with E-state index in [9.17, 15) is 4.79 Å². The molecule has 110 valence electrons. The second kappa shape index (κ2) is 6.49. The van der Waals surface area contributed by atoms with Crippen molar-refractivity contribution in [3.8, 4) is 0 Å². The van der Waals surface area contributed by atoms with Crippen LogP contribution in [0.15, 0.2) is 55.0 Å². The number of thiazole rings is 1. The highest BCUT2D eigenvalue weighted by atomic mass is 32.1. The van der Waals surface area contributed by atoms with E-state index in [4.69, 9.17) is 0 Å². The van der Waals surface area contributed by atoms with Gasteiger partial charge in [-0.2, -0.15) is 0 Å². The SMILES string of the molecule is Cc1ccc(Cc2cnc(NC(=O)c3cccnc3)s2)cc1. The molecule has 3 aromatic rings. The number of amides is 1. The second-order valence-electron chi connectivity index (χ2n) is 4.99. The van der Waals surface area contributed by atoms with Crippen molar-refractivity contribution in [2.75, 3.05) is 5.32 Å². The largest absolute Gasteiger partial charge is 0.298 e. The maximum atomic E-state index is 12.0. The summed E-state index contributed by atoms with van der Waals surface area (Å²) >= 11 is 1.49. The number of carbonyl (C=O) groups is 1. The molecule has 0 saturated heterocycles. The Morgan fingerprint density at radius 2 is 2.00 bits per heavy atom. The molecule has 1 amide bonds. The minimum Gasteiger partial charge on any atom is -0.298 e. The number of pyridine rings is 1. The predicted molar refractivity (Wildman–Crippen MR) is 88.3 cm³/mol. The van der Waals surface area contributed by atoms with Gasteiger partial charge in [-0.1, -0.05) is 29.8 Å². The molecule has 0 saturated carbocycles. The van der Waals surface area contributed by atoms with Gasteiger partial charge in [0.25, 0.3) is 5.91 Å². The van der Waals surface area contributed by atoms with Gasteiger partial charge in [0.2, 0.25) is 0 Å². The molecular weight excluding hydrogens is 294 g/mol. The van der Waals surface area contributed by atoms with E-state index in [1.54, 1.807) is 18.3 Å². The monoisotopic (exact) mass is 309 g/mol. The lowest BCUT2D eigenvalue weighted by atomic mass is 10.1. The molecule has 3 rings (SSSR count). The third-order valence-corrected chi connectivity index (χ3v) is 4.11. The lowest BCUT2D eigenvalue weighted by molar-refractivity contribution is 0.102. The number of nitrogens with one attached hydrogen (secondary N) is 1. The Labute approximate surface area is 132 Å². The van der Waals surface area contributed by atoms with E-state index in [0.717, 1.165) is 11.3 Å². The molecule has 4 nitrogen and oxygen atoms in total. The zero-order chi connectivity index (χ0) is 15.4. The molecule has 0 radical (unpaired) electrons. The Morgan fingerprint density at radius 3 is 2.73 bits per heavy atom. The molecule has 0 bridgehead atoms. The first-order valence-corrected chi connectivity index (χ1v) is 7.74. The fourth-order valence-corrected chi connectivity index (χ4v) is 2.86. The predicted octanol–water partition coefficient (Wildman–Crippen LogP) is 3.69. The number of rotatable bonds is 4. The minimum atomic E-state index is -0.190. The zero-order valence-corrected chi connectivity index (χ0v) is 12.9. The van der Waals surface area contributed by atoms with Crippen LogP contribution in [0.25, 0.3) is 0 Å². The summed E-state index contributed by atoms with van der Waals surface area (Å²) in [6, 6.07) is 11.9. The maximum Gasteiger partial charge on any atom is 0.259 e. The summed E-state index contributed by atoms with van der Waals surface area (Å²) in [6.45, 7) is 2.07. The molecule has 0 spiro atoms. The van der Waals surface area contributed by atoms with Gasteiger partial charge in [0.05, 0.1) is 5.56 Å². The van der Waals surface area contributed by atoms with Crippen molar-refractivity contribution in [2.45, 2.75) is 13.3 Å². The maximum absolute atomic E-state index is 12.0. The number of hydrogen-bond donors (Lipinski definition) is 1. The molecule has 22 heavy (non-hydrogen) atoms. The molecule has 0 aliphatic heterocycles. The molecule has 0 aliphatic rings. The van der Waals surface area contributed by atoms with E-state index < -0.39 is 0 Å². The minimum absolute atomic E-state index is 0.190. The first-order valence-electron chi connectivity index (χ1n) is 6.92. The van der Waals surface area contributed by atoms with Crippen LogP contribution in [0.4, 0.5) is 5.13 Å². The lowest BCUT2D eigenvalue weighted by Crippen LogP contribution is -2.11. The van der Waals surface area contributed by atoms with Crippen LogP contribution in [0.5, 0.6) is 0 Å². The van der Waals surface area contributed by atoms with Crippen molar-refractivity contribution in [1.82, 2.24) is 9.97 Å². The van der Waals surface area contributed by atoms with Crippen LogP contribution < -0.4 is 5.32 Å². The van der Waals surface area contributed by atoms with Crippen molar-refractivity contribution in [3.05, 3.63) is 76.6 Å². The van der Waals surface area contributed by atoms with Crippen LogP contribution in [0.1, 0.15) is 26.4 Å². The Kier molecular flexibility index (Phi) is 4.25. The van der Waals surface area contributed by atoms with E-state index in [0.29, 0.717) is 10.7 Å². The quantitative estimate of drug-likeness (QED) is 0.799. The molecule has 1 N–H and O–H groups in total. The van der Waals surface area contributed by atoms with Crippen LogP contribution in [0.3, 0.4) is 0 Å². The number of aryl methyl sites for hydroxylation is 1. The van der Waals surface area contributed by atoms with Crippen molar-refractivity contribution >= 4 is 22.4 Å². The summed E-state index contributed by atoms with van der Waals surface area (Å²) < 4.78 is 0. The van der Waals surface area contributed by atoms with E-state index in [1.807, 2.05) is 6.20 Å². The first kappa shape index (κ1) is 14.4. The van der Waals surface area contributed by atoms with Crippen LogP contribution in [-0.2, 0) is 6.42 Å². The highest BCUT2D eigenvalue weighted by Gasteiger charge is 2.09. The Bertz CT molecular complexity index is 766. The standard InChI is InChI=1S/C17H15N3OS/c1-12-4-6-13(7-5-12)9-15-11-19-17(22-15)20-16(21)14-3-2-8-18-10-14/h2-8,10-11H,9H2,1H3,(H,19,20,21). The van der Waals surface area contributed by atoms with Gasteiger partial charge in [-0.05, 0) is 24.6 Å². The van der Waals surface area contributed by atoms with Crippen LogP contribution in [-0.4, -0.2) is 15.9 Å². The van der Waals surface area contributed by atoms with Gasteiger partial charge < -0.3 is 0 Å². The molecular formula is C17H15N3OS. The topological polar surface area (TPSA) is 54.9 Å². The van der Waals surface area contributed by atoms with Gasteiger partial charge in [0, 0.05) is 29.9 Å². The highest BCUT2D eigenvalue weighted by molar-refractivity contribution is 7.15. The van der Waals surface area contributed by atoms with Crippen molar-refractivity contribution in [3.63, 3.8) is 0 Å². The fourth-order valence-electron chi connectivity index (χ4n) is 2.02. The molecule has 2 aromatic heterocycles. The van der Waals surface area contributed by atoms with Gasteiger partial charge in [0.15, 0.2) is 5.13 Å². The average molecular weight is 309 g/mol. The summed E-state index contributed by atoms with van der Waals surface area (Å²) in [5, 5.41) is 3.41. The Morgan fingerprint density at radius 1 is 1.18 bits per heavy atom. The average Bonchev–Trinajstić information content (AvgIpc) is 2.97. The summed E-state index contributed by atoms with van der Waals surface area (Å²) in [7, 11) is 0. The Balaban J connectivity index is 1.66. The van der Waals surface area contributed by atoms with E-state index in [1.165, 1.54) is 28.7 Å². The summed E-state index contributed by atoms with van der Waals surface area (Å²) in [4.78, 5) is 21.3. The molecule has 0 atom stereocenters. The summed E-state index contributed by atoms with van der Waals surface area (Å²) in [5.74, 6) is -0.190. The van der Waals surface area contributed by atoms with Gasteiger partial charge in [-0.25, -0.2) is 4.98 Å². The molecule has 5 heteroatoms. The summed E-state index contributed by atoms with van der Waals surface area (Å²) in [6.07, 6.45) is 5.81. The molecule has 0 unspecified atom stereocenters. The molecule has 0 fully saturated rings. The van der Waals surface area contributed by atoms with Gasteiger partial charge >= 0.3 is 0 Å². The van der Waals surface area contributed by atoms with E-state index >= 15 is 0 Å². The van der Waals surface area contributed by atoms with Gasteiger partial charge in [-0.3, -0.25) is 15.1 Å². The third-order valence-electron chi connectivity index (χ3n) is 3.20. The van der Waals surface area contributed by atoms with Crippen molar-refractivity contribution in [2.24, 2.45) is 0 Å². The number of carbonyl (C=O) groups excluding carboxylic acids is 1. The smallest absolute Gasteiger partial charge is 0.259 e. The molecule has 0 aliphatic carbocycles. The van der Waals surface area contributed by atoms with Crippen molar-refractivity contribution < 1.29 is 4.79 Å². The lowest BCUT2D eigenvalue weighted by Gasteiger charge is -2.00. The fraction of sp³-hybridized carbons (Fsp3) is 0.118. The number of anilines is 1. The first-order chi connectivity index (χ1) is 10.7. The number of nitrogens with zero attached hydrogens (tertiary/aromatic N) is 2. The second-order valence-corrected chi connectivity index (χ2v) is 6.11. The molecule has 1 aromatic carbocycles. The van der Waals surface area contributed by atoms with Gasteiger partial charge in [0.1, 0.15) is 0 Å². The van der Waals surface area contributed by atoms with Crippen LogP contribution >= 0.6 is 11.3 Å². The Hall–Kier alpha value is -2.53. The van der Waals surface area contributed by atoms with Crippen LogP contribution in [0, 0.1) is 6.92 Å². The zero-order valence-electron chi connectivity index (χ0n) is 12.1. The number of hydrogen-bond acceptors (Lipinski definition) is 4. The third kappa shape index (κ3) is 3.56. The van der Waals surface area contributed by atoms with E-state index in [2.05, 4.69) is 46.5 Å². The van der Waals surface area contributed by atoms with Crippen LogP contribution in [0.2, 0.25) is 0 Å².